The number of para-hydroxylation sites is 1. The van der Waals surface area contributed by atoms with E-state index in [0.717, 1.165) is 36.1 Å². The third-order valence-electron chi connectivity index (χ3n) is 5.10. The van der Waals surface area contributed by atoms with Gasteiger partial charge in [0.15, 0.2) is 0 Å². The molecule has 0 saturated carbocycles. The zero-order valence-corrected chi connectivity index (χ0v) is 12.9. The third-order valence-corrected chi connectivity index (χ3v) is 5.10. The number of benzene rings is 1. The second kappa shape index (κ2) is 5.76. The van der Waals surface area contributed by atoms with E-state index in [1.807, 2.05) is 35.2 Å². The first kappa shape index (κ1) is 13.8. The molecule has 1 atom stereocenters. The number of amides is 1. The predicted molar refractivity (Wildman–Crippen MR) is 88.0 cm³/mol. The minimum Gasteiger partial charge on any atom is -0.351 e. The molecule has 1 aromatic heterocycles. The molecular weight excluding hydrogens is 274 g/mol. The number of aromatic amines is 1. The van der Waals surface area contributed by atoms with E-state index in [-0.39, 0.29) is 5.91 Å². The summed E-state index contributed by atoms with van der Waals surface area (Å²) >= 11 is 0. The van der Waals surface area contributed by atoms with Crippen LogP contribution in [0.1, 0.15) is 36.2 Å². The van der Waals surface area contributed by atoms with Crippen LogP contribution in [0.3, 0.4) is 0 Å². The van der Waals surface area contributed by atoms with Crippen LogP contribution in [0.2, 0.25) is 0 Å². The molecule has 22 heavy (non-hydrogen) atoms. The third kappa shape index (κ3) is 2.52. The Hall–Kier alpha value is -1.81. The summed E-state index contributed by atoms with van der Waals surface area (Å²) in [7, 11) is 0. The fraction of sp³-hybridized carbons (Fsp3) is 0.500. The molecule has 0 unspecified atom stereocenters. The number of carbonyl (C=O) groups is 1. The smallest absolute Gasteiger partial charge is 0.270 e. The Labute approximate surface area is 131 Å². The van der Waals surface area contributed by atoms with Crippen molar-refractivity contribution in [2.75, 3.05) is 26.2 Å². The van der Waals surface area contributed by atoms with Crippen molar-refractivity contribution >= 4 is 16.8 Å². The van der Waals surface area contributed by atoms with Gasteiger partial charge in [-0.1, -0.05) is 18.2 Å². The SMILES string of the molecule is O=C(c1cc2ccccc2[nH]1)N1CCC[C@H](N2CCCC2)C1. The lowest BCUT2D eigenvalue weighted by Gasteiger charge is -2.37. The second-order valence-corrected chi connectivity index (χ2v) is 6.56. The van der Waals surface area contributed by atoms with Gasteiger partial charge < -0.3 is 9.88 Å². The van der Waals surface area contributed by atoms with E-state index in [1.54, 1.807) is 0 Å². The first-order valence-corrected chi connectivity index (χ1v) is 8.42. The van der Waals surface area contributed by atoms with Crippen LogP contribution in [0.4, 0.5) is 0 Å². The molecule has 0 spiro atoms. The molecule has 3 heterocycles. The van der Waals surface area contributed by atoms with Crippen molar-refractivity contribution in [1.29, 1.82) is 0 Å². The summed E-state index contributed by atoms with van der Waals surface area (Å²) in [6, 6.07) is 10.6. The summed E-state index contributed by atoms with van der Waals surface area (Å²) in [6.45, 7) is 4.19. The average molecular weight is 297 g/mol. The van der Waals surface area contributed by atoms with Gasteiger partial charge in [-0.25, -0.2) is 0 Å². The minimum absolute atomic E-state index is 0.153. The van der Waals surface area contributed by atoms with E-state index in [1.165, 1.54) is 32.4 Å². The number of nitrogens with one attached hydrogen (secondary N) is 1. The van der Waals surface area contributed by atoms with Gasteiger partial charge in [-0.2, -0.15) is 0 Å². The van der Waals surface area contributed by atoms with Gasteiger partial charge >= 0.3 is 0 Å². The summed E-state index contributed by atoms with van der Waals surface area (Å²) < 4.78 is 0. The largest absolute Gasteiger partial charge is 0.351 e. The van der Waals surface area contributed by atoms with Crippen LogP contribution in [-0.4, -0.2) is 52.9 Å². The molecule has 2 aromatic rings. The van der Waals surface area contributed by atoms with E-state index in [0.29, 0.717) is 6.04 Å². The topological polar surface area (TPSA) is 39.3 Å². The highest BCUT2D eigenvalue weighted by atomic mass is 16.2. The van der Waals surface area contributed by atoms with E-state index in [2.05, 4.69) is 9.88 Å². The van der Waals surface area contributed by atoms with Crippen molar-refractivity contribution in [1.82, 2.24) is 14.8 Å². The van der Waals surface area contributed by atoms with E-state index in [4.69, 9.17) is 0 Å². The number of fused-ring (bicyclic) bond motifs is 1. The Bertz CT molecular complexity index is 639. The molecule has 1 amide bonds. The van der Waals surface area contributed by atoms with Gasteiger partial charge in [-0.05, 0) is 50.9 Å². The molecule has 4 heteroatoms. The quantitative estimate of drug-likeness (QED) is 0.926. The zero-order chi connectivity index (χ0) is 14.9. The Kier molecular flexibility index (Phi) is 3.62. The molecule has 0 bridgehead atoms. The van der Waals surface area contributed by atoms with Crippen LogP contribution in [-0.2, 0) is 0 Å². The van der Waals surface area contributed by atoms with Crippen molar-refractivity contribution in [2.45, 2.75) is 31.7 Å². The second-order valence-electron chi connectivity index (χ2n) is 6.56. The highest BCUT2D eigenvalue weighted by Gasteiger charge is 2.30. The maximum Gasteiger partial charge on any atom is 0.270 e. The molecule has 2 aliphatic heterocycles. The van der Waals surface area contributed by atoms with Crippen LogP contribution in [0, 0.1) is 0 Å². The van der Waals surface area contributed by atoms with Gasteiger partial charge in [0.25, 0.3) is 5.91 Å². The number of piperidine rings is 1. The number of likely N-dealkylation sites (tertiary alicyclic amines) is 2. The lowest BCUT2D eigenvalue weighted by molar-refractivity contribution is 0.0603. The van der Waals surface area contributed by atoms with Crippen molar-refractivity contribution in [2.24, 2.45) is 0 Å². The standard InChI is InChI=1S/C18H23N3O/c22-18(17-12-14-6-1-2-8-16(14)19-17)21-11-5-7-15(13-21)20-9-3-4-10-20/h1-2,6,8,12,15,19H,3-5,7,9-11,13H2/t15-/m0/s1. The van der Waals surface area contributed by atoms with Crippen LogP contribution in [0.15, 0.2) is 30.3 Å². The highest BCUT2D eigenvalue weighted by Crippen LogP contribution is 2.22. The van der Waals surface area contributed by atoms with Crippen LogP contribution in [0.5, 0.6) is 0 Å². The lowest BCUT2D eigenvalue weighted by Crippen LogP contribution is -2.49. The van der Waals surface area contributed by atoms with Gasteiger partial charge in [-0.3, -0.25) is 9.69 Å². The number of carbonyl (C=O) groups excluding carboxylic acids is 1. The first-order chi connectivity index (χ1) is 10.8. The molecule has 4 rings (SSSR count). The molecule has 116 valence electrons. The van der Waals surface area contributed by atoms with Gasteiger partial charge in [0.1, 0.15) is 5.69 Å². The van der Waals surface area contributed by atoms with Crippen molar-refractivity contribution in [3.63, 3.8) is 0 Å². The maximum absolute atomic E-state index is 12.8. The Balaban J connectivity index is 1.51. The van der Waals surface area contributed by atoms with Crippen molar-refractivity contribution < 1.29 is 4.79 Å². The fourth-order valence-electron chi connectivity index (χ4n) is 3.90. The molecule has 4 nitrogen and oxygen atoms in total. The zero-order valence-electron chi connectivity index (χ0n) is 12.9. The van der Waals surface area contributed by atoms with Crippen LogP contribution < -0.4 is 0 Å². The number of H-pyrrole nitrogens is 1. The molecule has 2 aliphatic rings. The van der Waals surface area contributed by atoms with E-state index >= 15 is 0 Å². The summed E-state index contributed by atoms with van der Waals surface area (Å²) in [5.74, 6) is 0.153. The number of aromatic nitrogens is 1. The fourth-order valence-corrected chi connectivity index (χ4v) is 3.90. The summed E-state index contributed by atoms with van der Waals surface area (Å²) in [4.78, 5) is 20.7. The van der Waals surface area contributed by atoms with Gasteiger partial charge in [0.2, 0.25) is 0 Å². The summed E-state index contributed by atoms with van der Waals surface area (Å²) in [5.41, 5.74) is 1.77. The molecule has 2 fully saturated rings. The Morgan fingerprint density at radius 1 is 1.09 bits per heavy atom. The highest BCUT2D eigenvalue weighted by molar-refractivity contribution is 5.98. The first-order valence-electron chi connectivity index (χ1n) is 8.42. The van der Waals surface area contributed by atoms with Gasteiger partial charge in [0.05, 0.1) is 0 Å². The molecule has 0 aliphatic carbocycles. The van der Waals surface area contributed by atoms with Crippen molar-refractivity contribution in [3.8, 4) is 0 Å². The van der Waals surface area contributed by atoms with Gasteiger partial charge in [-0.15, -0.1) is 0 Å². The Morgan fingerprint density at radius 2 is 1.91 bits per heavy atom. The molecular formula is C18H23N3O. The molecule has 0 radical (unpaired) electrons. The van der Waals surface area contributed by atoms with Crippen LogP contribution in [0.25, 0.3) is 10.9 Å². The summed E-state index contributed by atoms with van der Waals surface area (Å²) in [6.07, 6.45) is 4.97. The molecule has 1 N–H and O–H groups in total. The predicted octanol–water partition coefficient (Wildman–Crippen LogP) is 2.87. The van der Waals surface area contributed by atoms with Crippen molar-refractivity contribution in [3.05, 3.63) is 36.0 Å². The number of nitrogens with zero attached hydrogens (tertiary/aromatic N) is 2. The molecule has 2 saturated heterocycles. The van der Waals surface area contributed by atoms with E-state index in [9.17, 15) is 4.79 Å². The lowest BCUT2D eigenvalue weighted by atomic mass is 10.0. The average Bonchev–Trinajstić information content (AvgIpc) is 3.23. The van der Waals surface area contributed by atoms with E-state index < -0.39 is 0 Å². The minimum atomic E-state index is 0.153. The maximum atomic E-state index is 12.8. The summed E-state index contributed by atoms with van der Waals surface area (Å²) in [5, 5.41) is 1.11. The van der Waals surface area contributed by atoms with Crippen LogP contribution >= 0.6 is 0 Å². The monoisotopic (exact) mass is 297 g/mol. The Morgan fingerprint density at radius 3 is 2.73 bits per heavy atom. The number of hydrogen-bond acceptors (Lipinski definition) is 2. The van der Waals surface area contributed by atoms with Gasteiger partial charge in [0, 0.05) is 30.0 Å². The normalized spacial score (nSPS) is 23.3. The molecule has 1 aromatic carbocycles. The number of rotatable bonds is 2. The number of hydrogen-bond donors (Lipinski definition) is 1.